The largest absolute Gasteiger partial charge is 0.364 e. The van der Waals surface area contributed by atoms with Gasteiger partial charge >= 0.3 is 0 Å². The lowest BCUT2D eigenvalue weighted by Crippen LogP contribution is -2.34. The molecule has 2 heterocycles. The second-order valence-electron chi connectivity index (χ2n) is 8.21. The van der Waals surface area contributed by atoms with Crippen molar-refractivity contribution in [3.8, 4) is 11.1 Å². The average Bonchev–Trinajstić information content (AvgIpc) is 3.44. The van der Waals surface area contributed by atoms with Gasteiger partial charge in [-0.15, -0.1) is 0 Å². The van der Waals surface area contributed by atoms with Crippen molar-refractivity contribution >= 4 is 23.1 Å². The number of carbonyl (C=O) groups excluding carboxylic acids is 2. The second kappa shape index (κ2) is 10.5. The fourth-order valence-electron chi connectivity index (χ4n) is 4.19. The van der Waals surface area contributed by atoms with Gasteiger partial charge in [-0.3, -0.25) is 9.59 Å². The third-order valence-electron chi connectivity index (χ3n) is 6.12. The van der Waals surface area contributed by atoms with Gasteiger partial charge in [-0.2, -0.15) is 0 Å². The number of hydrogen-bond acceptors (Lipinski definition) is 3. The van der Waals surface area contributed by atoms with Gasteiger partial charge in [0.15, 0.2) is 0 Å². The molecule has 3 aromatic rings. The topological polar surface area (TPSA) is 77.2 Å². The number of nitrogens with one attached hydrogen (secondary N) is 3. The highest BCUT2D eigenvalue weighted by Crippen LogP contribution is 2.39. The number of hydrogen-bond donors (Lipinski definition) is 3. The molecule has 0 radical (unpaired) electrons. The fourth-order valence-corrected chi connectivity index (χ4v) is 4.19. The summed E-state index contributed by atoms with van der Waals surface area (Å²) in [5.74, 6) is -0.601. The third-order valence-corrected chi connectivity index (χ3v) is 6.12. The maximum Gasteiger partial charge on any atom is 0.256 e. The Hall–Kier alpha value is -3.71. The monoisotopic (exact) mass is 460 g/mol. The van der Waals surface area contributed by atoms with Crippen molar-refractivity contribution in [1.82, 2.24) is 15.2 Å². The van der Waals surface area contributed by atoms with E-state index in [1.807, 2.05) is 30.3 Å². The first-order valence-electron chi connectivity index (χ1n) is 11.6. The number of aromatic amines is 1. The van der Waals surface area contributed by atoms with Gasteiger partial charge in [-0.05, 0) is 48.5 Å². The summed E-state index contributed by atoms with van der Waals surface area (Å²) >= 11 is 0. The van der Waals surface area contributed by atoms with Gasteiger partial charge in [0.05, 0.1) is 5.56 Å². The molecule has 0 saturated carbocycles. The molecule has 1 aliphatic rings. The maximum atomic E-state index is 13.4. The molecule has 0 bridgehead atoms. The van der Waals surface area contributed by atoms with Crippen molar-refractivity contribution < 1.29 is 14.0 Å². The van der Waals surface area contributed by atoms with Crippen LogP contribution in [0.2, 0.25) is 0 Å². The van der Waals surface area contributed by atoms with Crippen molar-refractivity contribution in [1.29, 1.82) is 0 Å². The molecule has 0 saturated heterocycles. The average molecular weight is 461 g/mol. The summed E-state index contributed by atoms with van der Waals surface area (Å²) in [6, 6.07) is 13.7. The van der Waals surface area contributed by atoms with Gasteiger partial charge in [0.1, 0.15) is 5.82 Å². The number of anilines is 1. The van der Waals surface area contributed by atoms with Crippen LogP contribution in [0.5, 0.6) is 0 Å². The summed E-state index contributed by atoms with van der Waals surface area (Å²) < 4.78 is 13.4. The normalized spacial score (nSPS) is 13.9. The van der Waals surface area contributed by atoms with Crippen molar-refractivity contribution in [3.05, 3.63) is 83.4 Å². The number of rotatable bonds is 9. The van der Waals surface area contributed by atoms with E-state index in [1.54, 1.807) is 18.3 Å². The van der Waals surface area contributed by atoms with Crippen molar-refractivity contribution in [2.75, 3.05) is 31.5 Å². The predicted molar refractivity (Wildman–Crippen MR) is 133 cm³/mol. The lowest BCUT2D eigenvalue weighted by molar-refractivity contribution is -0.110. The summed E-state index contributed by atoms with van der Waals surface area (Å²) in [6.07, 6.45) is 4.02. The van der Waals surface area contributed by atoms with Gasteiger partial charge < -0.3 is 20.5 Å². The molecule has 2 aromatic carbocycles. The van der Waals surface area contributed by atoms with E-state index >= 15 is 0 Å². The summed E-state index contributed by atoms with van der Waals surface area (Å²) in [4.78, 5) is 30.6. The highest BCUT2D eigenvalue weighted by molar-refractivity contribution is 6.33. The Bertz CT molecular complexity index is 1210. The molecule has 176 valence electrons. The van der Waals surface area contributed by atoms with Crippen LogP contribution in [0.1, 0.15) is 35.5 Å². The molecule has 2 amide bonds. The lowest BCUT2D eigenvalue weighted by Gasteiger charge is -2.17. The summed E-state index contributed by atoms with van der Waals surface area (Å²) in [5, 5.41) is 5.86. The van der Waals surface area contributed by atoms with Gasteiger partial charge in [0, 0.05) is 48.2 Å². The number of likely N-dealkylation sites (N-methyl/N-ethyl adjacent to an activating group) is 1. The molecule has 1 aromatic heterocycles. The number of halogens is 1. The van der Waals surface area contributed by atoms with Crippen LogP contribution in [0.3, 0.4) is 0 Å². The molecule has 1 aliphatic heterocycles. The van der Waals surface area contributed by atoms with Crippen molar-refractivity contribution in [2.24, 2.45) is 0 Å². The van der Waals surface area contributed by atoms with Crippen LogP contribution in [0.4, 0.5) is 10.1 Å². The summed E-state index contributed by atoms with van der Waals surface area (Å²) in [7, 11) is 0. The second-order valence-corrected chi connectivity index (χ2v) is 8.21. The zero-order chi connectivity index (χ0) is 24.1. The summed E-state index contributed by atoms with van der Waals surface area (Å²) in [6.45, 7) is 7.51. The molecule has 34 heavy (non-hydrogen) atoms. The lowest BCUT2D eigenvalue weighted by atomic mass is 9.94. The first-order valence-corrected chi connectivity index (χ1v) is 11.6. The van der Waals surface area contributed by atoms with Gasteiger partial charge in [0.25, 0.3) is 11.8 Å². The Morgan fingerprint density at radius 1 is 1.12 bits per heavy atom. The number of benzene rings is 2. The number of carbonyl (C=O) groups is 2. The van der Waals surface area contributed by atoms with Crippen LogP contribution in [0.25, 0.3) is 16.7 Å². The SMILES string of the molecule is CCN(CC)CCNC(=O)c1c[nH]c(CC=C2C(=O)Nc3cccc(-c4ccc(F)cc4)c32)c1. The molecule has 7 heteroatoms. The molecule has 0 unspecified atom stereocenters. The van der Waals surface area contributed by atoms with Crippen LogP contribution in [0.15, 0.2) is 60.8 Å². The molecule has 3 N–H and O–H groups in total. The standard InChI is InChI=1S/C27H29FN4O2/c1-3-32(4-2)15-14-29-26(33)19-16-21(30-17-19)12-13-23-25-22(18-8-10-20(28)11-9-18)6-5-7-24(25)31-27(23)34/h5-11,13,16-17,30H,3-4,12,14-15H2,1-2H3,(H,29,33)(H,31,34). The van der Waals surface area contributed by atoms with Crippen LogP contribution >= 0.6 is 0 Å². The van der Waals surface area contributed by atoms with E-state index in [-0.39, 0.29) is 17.6 Å². The number of H-pyrrole nitrogens is 1. The first-order chi connectivity index (χ1) is 16.5. The molecule has 6 nitrogen and oxygen atoms in total. The van der Waals surface area contributed by atoms with Gasteiger partial charge in [-0.25, -0.2) is 4.39 Å². The maximum absolute atomic E-state index is 13.4. The number of allylic oxidation sites excluding steroid dienone is 1. The van der Waals surface area contributed by atoms with Crippen molar-refractivity contribution in [3.63, 3.8) is 0 Å². The fraction of sp³-hybridized carbons (Fsp3) is 0.259. The van der Waals surface area contributed by atoms with E-state index < -0.39 is 0 Å². The minimum atomic E-state index is -0.305. The zero-order valence-corrected chi connectivity index (χ0v) is 19.5. The molecular weight excluding hydrogens is 431 g/mol. The highest BCUT2D eigenvalue weighted by atomic mass is 19.1. The number of aromatic nitrogens is 1. The van der Waals surface area contributed by atoms with Crippen molar-refractivity contribution in [2.45, 2.75) is 20.3 Å². The number of amides is 2. The van der Waals surface area contributed by atoms with E-state index in [0.717, 1.165) is 47.7 Å². The zero-order valence-electron chi connectivity index (χ0n) is 19.5. The van der Waals surface area contributed by atoms with Crippen LogP contribution in [-0.2, 0) is 11.2 Å². The molecule has 0 spiro atoms. The van der Waals surface area contributed by atoms with Crippen LogP contribution in [-0.4, -0.2) is 47.9 Å². The van der Waals surface area contributed by atoms with E-state index in [1.165, 1.54) is 12.1 Å². The molecule has 0 aliphatic carbocycles. The van der Waals surface area contributed by atoms with E-state index in [9.17, 15) is 14.0 Å². The van der Waals surface area contributed by atoms with E-state index in [2.05, 4.69) is 34.4 Å². The third kappa shape index (κ3) is 5.10. The van der Waals surface area contributed by atoms with E-state index in [4.69, 9.17) is 0 Å². The quantitative estimate of drug-likeness (QED) is 0.413. The minimum Gasteiger partial charge on any atom is -0.364 e. The van der Waals surface area contributed by atoms with Gasteiger partial charge in [-0.1, -0.05) is 44.2 Å². The van der Waals surface area contributed by atoms with E-state index in [0.29, 0.717) is 24.1 Å². The first kappa shape index (κ1) is 23.4. The molecule has 0 atom stereocenters. The molecule has 0 fully saturated rings. The number of nitrogens with zero attached hydrogens (tertiary/aromatic N) is 1. The Morgan fingerprint density at radius 2 is 1.88 bits per heavy atom. The Morgan fingerprint density at radius 3 is 2.62 bits per heavy atom. The van der Waals surface area contributed by atoms with Crippen LogP contribution < -0.4 is 10.6 Å². The highest BCUT2D eigenvalue weighted by Gasteiger charge is 2.27. The smallest absolute Gasteiger partial charge is 0.256 e. The molecule has 4 rings (SSSR count). The Labute approximate surface area is 198 Å². The Balaban J connectivity index is 1.49. The minimum absolute atomic E-state index is 0.120. The van der Waals surface area contributed by atoms with Gasteiger partial charge in [0.2, 0.25) is 0 Å². The number of fused-ring (bicyclic) bond motifs is 1. The van der Waals surface area contributed by atoms with Crippen LogP contribution in [0, 0.1) is 5.82 Å². The molecular formula is C27H29FN4O2. The summed E-state index contributed by atoms with van der Waals surface area (Å²) in [5.41, 5.74) is 5.21. The predicted octanol–water partition coefficient (Wildman–Crippen LogP) is 4.47. The Kier molecular flexibility index (Phi) is 7.23.